The maximum absolute atomic E-state index is 12.9. The molecule has 1 heterocycles. The van der Waals surface area contributed by atoms with Gasteiger partial charge in [-0.1, -0.05) is 59.7 Å². The van der Waals surface area contributed by atoms with Gasteiger partial charge in [-0.25, -0.2) is 4.79 Å². The first-order chi connectivity index (χ1) is 15.9. The zero-order valence-corrected chi connectivity index (χ0v) is 21.6. The third-order valence-electron chi connectivity index (χ3n) is 5.58. The van der Waals surface area contributed by atoms with Gasteiger partial charge >= 0.3 is 5.97 Å². The van der Waals surface area contributed by atoms with Crippen molar-refractivity contribution in [3.63, 3.8) is 0 Å². The number of carbonyl (C=O) groups is 1. The molecule has 34 heavy (non-hydrogen) atoms. The van der Waals surface area contributed by atoms with Crippen LogP contribution in [-0.2, 0) is 22.0 Å². The smallest absolute Gasteiger partial charge is 0.338 e. The first kappa shape index (κ1) is 25.5. The zero-order valence-electron chi connectivity index (χ0n) is 20.8. The minimum atomic E-state index is -0.390. The van der Waals surface area contributed by atoms with Crippen molar-refractivity contribution in [2.24, 2.45) is 0 Å². The Hall–Kier alpha value is -3.12. The number of phenolic OH excluding ortho intramolecular Hbond substituents is 1. The second-order valence-electron chi connectivity index (χ2n) is 10.5. The fraction of sp³-hybridized carbons (Fsp3) is 0.357. The summed E-state index contributed by atoms with van der Waals surface area (Å²) in [5.41, 5.74) is 3.20. The number of nitrogens with one attached hydrogen (secondary N) is 2. The highest BCUT2D eigenvalue weighted by Gasteiger charge is 2.28. The number of hydrogen-bond acceptors (Lipinski definition) is 5. The topological polar surface area (TPSA) is 82.4 Å². The van der Waals surface area contributed by atoms with Gasteiger partial charge in [-0.3, -0.25) is 5.41 Å². The van der Waals surface area contributed by atoms with E-state index in [0.717, 1.165) is 27.3 Å². The second-order valence-corrected chi connectivity index (χ2v) is 11.4. The van der Waals surface area contributed by atoms with Crippen molar-refractivity contribution in [2.45, 2.75) is 58.8 Å². The van der Waals surface area contributed by atoms with E-state index in [1.807, 2.05) is 83.3 Å². The first-order valence-electron chi connectivity index (χ1n) is 11.4. The van der Waals surface area contributed by atoms with Gasteiger partial charge in [0.05, 0.1) is 17.0 Å². The maximum Gasteiger partial charge on any atom is 0.338 e. The molecule has 0 saturated heterocycles. The normalized spacial score (nSPS) is 11.8. The average Bonchev–Trinajstić information content (AvgIpc) is 3.28. The summed E-state index contributed by atoms with van der Waals surface area (Å²) < 4.78 is 5.58. The van der Waals surface area contributed by atoms with E-state index in [-0.39, 0.29) is 23.2 Å². The number of hydrogen-bond donors (Lipinski definition) is 3. The molecule has 0 saturated carbocycles. The Morgan fingerprint density at radius 3 is 2.09 bits per heavy atom. The molecule has 0 unspecified atom stereocenters. The summed E-state index contributed by atoms with van der Waals surface area (Å²) in [6, 6.07) is 15.1. The minimum absolute atomic E-state index is 0.248. The van der Waals surface area contributed by atoms with Gasteiger partial charge in [0.2, 0.25) is 0 Å². The molecule has 0 aliphatic carbocycles. The molecule has 0 radical (unpaired) electrons. The van der Waals surface area contributed by atoms with Gasteiger partial charge in [-0.2, -0.15) is 0 Å². The van der Waals surface area contributed by atoms with Gasteiger partial charge in [0, 0.05) is 23.2 Å². The number of anilines is 1. The summed E-state index contributed by atoms with van der Waals surface area (Å²) >= 11 is 1.52. The zero-order chi connectivity index (χ0) is 25.1. The van der Waals surface area contributed by atoms with Crippen molar-refractivity contribution >= 4 is 28.8 Å². The maximum atomic E-state index is 12.9. The molecule has 3 N–H and O–H groups in total. The van der Waals surface area contributed by atoms with E-state index in [9.17, 15) is 9.90 Å². The third-order valence-corrected chi connectivity index (χ3v) is 6.46. The monoisotopic (exact) mass is 478 g/mol. The number of rotatable bonds is 6. The SMILES string of the molecule is CC(C)(C)c1cc(C(=O)OCCc2ccc(NC(=N)c3cccs3)cc2)cc(C(C)(C)C)c1O. The van der Waals surface area contributed by atoms with Crippen LogP contribution in [0.15, 0.2) is 53.9 Å². The number of phenols is 1. The van der Waals surface area contributed by atoms with Gasteiger partial charge in [-0.15, -0.1) is 11.3 Å². The molecule has 0 fully saturated rings. The van der Waals surface area contributed by atoms with Gasteiger partial charge in [-0.05, 0) is 52.1 Å². The van der Waals surface area contributed by atoms with Crippen LogP contribution in [0.4, 0.5) is 5.69 Å². The van der Waals surface area contributed by atoms with E-state index in [4.69, 9.17) is 10.1 Å². The van der Waals surface area contributed by atoms with Crippen LogP contribution in [0.5, 0.6) is 5.75 Å². The molecule has 0 aliphatic heterocycles. The van der Waals surface area contributed by atoms with Gasteiger partial charge in [0.25, 0.3) is 0 Å². The van der Waals surface area contributed by atoms with E-state index in [1.54, 1.807) is 12.1 Å². The van der Waals surface area contributed by atoms with Crippen LogP contribution in [0.2, 0.25) is 0 Å². The molecule has 6 heteroatoms. The number of amidine groups is 1. The molecule has 1 aromatic heterocycles. The summed E-state index contributed by atoms with van der Waals surface area (Å²) in [5, 5.41) is 24.0. The first-order valence-corrected chi connectivity index (χ1v) is 12.3. The highest BCUT2D eigenvalue weighted by molar-refractivity contribution is 7.12. The summed E-state index contributed by atoms with van der Waals surface area (Å²) in [5.74, 6) is 0.228. The van der Waals surface area contributed by atoms with Crippen LogP contribution in [-0.4, -0.2) is 23.5 Å². The number of aromatic hydroxyl groups is 1. The Morgan fingerprint density at radius 2 is 1.59 bits per heavy atom. The minimum Gasteiger partial charge on any atom is -0.507 e. The van der Waals surface area contributed by atoms with Crippen LogP contribution in [0.1, 0.15) is 73.5 Å². The lowest BCUT2D eigenvalue weighted by Gasteiger charge is -2.28. The van der Waals surface area contributed by atoms with Crippen molar-refractivity contribution in [3.8, 4) is 5.75 Å². The van der Waals surface area contributed by atoms with E-state index in [2.05, 4.69) is 5.32 Å². The summed E-state index contributed by atoms with van der Waals surface area (Å²) in [6.07, 6.45) is 0.588. The Morgan fingerprint density at radius 1 is 1.00 bits per heavy atom. The van der Waals surface area contributed by atoms with Crippen LogP contribution in [0.25, 0.3) is 0 Å². The fourth-order valence-corrected chi connectivity index (χ4v) is 4.25. The Bertz CT molecular complexity index is 1120. The predicted molar refractivity (Wildman–Crippen MR) is 141 cm³/mol. The van der Waals surface area contributed by atoms with Gasteiger partial charge in [0.1, 0.15) is 11.6 Å². The molecule has 0 aliphatic rings. The number of ether oxygens (including phenoxy) is 1. The quantitative estimate of drug-likeness (QED) is 0.205. The molecular weight excluding hydrogens is 444 g/mol. The van der Waals surface area contributed by atoms with Gasteiger partial charge < -0.3 is 15.2 Å². The fourth-order valence-electron chi connectivity index (χ4n) is 3.62. The van der Waals surface area contributed by atoms with Crippen molar-refractivity contribution in [1.82, 2.24) is 0 Å². The molecule has 0 atom stereocenters. The van der Waals surface area contributed by atoms with E-state index >= 15 is 0 Å². The standard InChI is InChI=1S/C28H34N2O3S/c1-27(2,3)21-16-19(17-22(24(21)31)28(4,5)6)26(32)33-14-13-18-9-11-20(12-10-18)30-25(29)23-8-7-15-34-23/h7-12,15-17,31H,13-14H2,1-6H3,(H2,29,30). The van der Waals surface area contributed by atoms with E-state index < -0.39 is 5.97 Å². The van der Waals surface area contributed by atoms with Gasteiger partial charge in [0.15, 0.2) is 0 Å². The number of carbonyl (C=O) groups excluding carboxylic acids is 1. The largest absolute Gasteiger partial charge is 0.507 e. The van der Waals surface area contributed by atoms with E-state index in [0.29, 0.717) is 17.8 Å². The summed E-state index contributed by atoms with van der Waals surface area (Å²) in [7, 11) is 0. The second kappa shape index (κ2) is 10.0. The molecule has 5 nitrogen and oxygen atoms in total. The highest BCUT2D eigenvalue weighted by Crippen LogP contribution is 2.39. The Labute approximate surface area is 206 Å². The number of esters is 1. The average molecular weight is 479 g/mol. The summed E-state index contributed by atoms with van der Waals surface area (Å²) in [6.45, 7) is 12.4. The Kier molecular flexibility index (Phi) is 7.51. The molecule has 3 aromatic rings. The lowest BCUT2D eigenvalue weighted by Crippen LogP contribution is -2.19. The molecular formula is C28H34N2O3S. The molecule has 0 amide bonds. The molecule has 2 aromatic carbocycles. The number of thiophene rings is 1. The lowest BCUT2D eigenvalue weighted by molar-refractivity contribution is 0.0509. The van der Waals surface area contributed by atoms with Crippen LogP contribution in [0, 0.1) is 5.41 Å². The van der Waals surface area contributed by atoms with Crippen LogP contribution >= 0.6 is 11.3 Å². The van der Waals surface area contributed by atoms with Crippen molar-refractivity contribution in [3.05, 3.63) is 81.0 Å². The molecule has 0 spiro atoms. The highest BCUT2D eigenvalue weighted by atomic mass is 32.1. The molecule has 0 bridgehead atoms. The van der Waals surface area contributed by atoms with Crippen molar-refractivity contribution < 1.29 is 14.6 Å². The predicted octanol–water partition coefficient (Wildman–Crippen LogP) is 6.89. The Balaban J connectivity index is 1.64. The third kappa shape index (κ3) is 6.26. The van der Waals surface area contributed by atoms with Crippen LogP contribution < -0.4 is 5.32 Å². The lowest BCUT2D eigenvalue weighted by atomic mass is 9.78. The van der Waals surface area contributed by atoms with Crippen molar-refractivity contribution in [1.29, 1.82) is 5.41 Å². The van der Waals surface area contributed by atoms with Crippen LogP contribution in [0.3, 0.4) is 0 Å². The van der Waals surface area contributed by atoms with E-state index in [1.165, 1.54) is 11.3 Å². The van der Waals surface area contributed by atoms with Crippen molar-refractivity contribution in [2.75, 3.05) is 11.9 Å². The number of benzene rings is 2. The molecule has 3 rings (SSSR count). The summed E-state index contributed by atoms with van der Waals surface area (Å²) in [4.78, 5) is 13.7. The molecule has 180 valence electrons.